The van der Waals surface area contributed by atoms with Crippen molar-refractivity contribution in [3.63, 3.8) is 0 Å². The largest absolute Gasteiger partial charge is 0.248 e. The molecular formula is C10H18F2. The van der Waals surface area contributed by atoms with Crippen LogP contribution in [0.4, 0.5) is 8.78 Å². The van der Waals surface area contributed by atoms with E-state index in [1.807, 2.05) is 0 Å². The Labute approximate surface area is 73.3 Å². The van der Waals surface area contributed by atoms with Crippen LogP contribution in [-0.4, -0.2) is 5.92 Å². The standard InChI is InChI=1S/C10H18F2/c1-4-5-9(2,3)8-6-10(11,12)7-8/h8H,4-7H2,1-3H3. The second-order valence-corrected chi connectivity index (χ2v) is 4.70. The van der Waals surface area contributed by atoms with Crippen molar-refractivity contribution in [2.75, 3.05) is 0 Å². The van der Waals surface area contributed by atoms with E-state index in [0.717, 1.165) is 12.8 Å². The van der Waals surface area contributed by atoms with Gasteiger partial charge in [-0.1, -0.05) is 27.2 Å². The highest BCUT2D eigenvalue weighted by Crippen LogP contribution is 2.52. The van der Waals surface area contributed by atoms with Crippen LogP contribution in [0, 0.1) is 11.3 Å². The smallest absolute Gasteiger partial charge is 0.207 e. The molecule has 0 radical (unpaired) electrons. The van der Waals surface area contributed by atoms with Crippen LogP contribution < -0.4 is 0 Å². The van der Waals surface area contributed by atoms with E-state index in [4.69, 9.17) is 0 Å². The summed E-state index contributed by atoms with van der Waals surface area (Å²) in [7, 11) is 0. The first-order valence-corrected chi connectivity index (χ1v) is 4.75. The van der Waals surface area contributed by atoms with Crippen LogP contribution >= 0.6 is 0 Å². The molecule has 0 aromatic rings. The van der Waals surface area contributed by atoms with E-state index in [0.29, 0.717) is 0 Å². The summed E-state index contributed by atoms with van der Waals surface area (Å²) in [5.41, 5.74) is 0.121. The van der Waals surface area contributed by atoms with E-state index in [9.17, 15) is 8.78 Å². The van der Waals surface area contributed by atoms with Gasteiger partial charge in [0.1, 0.15) is 0 Å². The molecule has 0 aliphatic heterocycles. The van der Waals surface area contributed by atoms with E-state index in [1.165, 1.54) is 0 Å². The zero-order chi connectivity index (χ0) is 9.41. The van der Waals surface area contributed by atoms with Gasteiger partial charge >= 0.3 is 0 Å². The van der Waals surface area contributed by atoms with Crippen molar-refractivity contribution >= 4 is 0 Å². The molecule has 0 amide bonds. The predicted molar refractivity (Wildman–Crippen MR) is 46.4 cm³/mol. The molecule has 1 rings (SSSR count). The summed E-state index contributed by atoms with van der Waals surface area (Å²) in [4.78, 5) is 0. The normalized spacial score (nSPS) is 23.8. The van der Waals surface area contributed by atoms with E-state index >= 15 is 0 Å². The fraction of sp³-hybridized carbons (Fsp3) is 1.00. The van der Waals surface area contributed by atoms with Crippen molar-refractivity contribution in [2.45, 2.75) is 52.4 Å². The molecule has 0 aromatic heterocycles. The maximum atomic E-state index is 12.6. The summed E-state index contributed by atoms with van der Waals surface area (Å²) in [6, 6.07) is 0. The second kappa shape index (κ2) is 2.97. The molecule has 0 nitrogen and oxygen atoms in total. The summed E-state index contributed by atoms with van der Waals surface area (Å²) in [5, 5.41) is 0. The molecule has 0 spiro atoms. The minimum Gasteiger partial charge on any atom is -0.207 e. The number of rotatable bonds is 3. The lowest BCUT2D eigenvalue weighted by molar-refractivity contribution is -0.143. The third-order valence-electron chi connectivity index (χ3n) is 3.09. The zero-order valence-corrected chi connectivity index (χ0v) is 8.16. The van der Waals surface area contributed by atoms with E-state index in [-0.39, 0.29) is 24.2 Å². The van der Waals surface area contributed by atoms with Gasteiger partial charge in [0.2, 0.25) is 5.92 Å². The van der Waals surface area contributed by atoms with Crippen LogP contribution in [0.5, 0.6) is 0 Å². The van der Waals surface area contributed by atoms with Gasteiger partial charge in [-0.15, -0.1) is 0 Å². The minimum absolute atomic E-state index is 0.111. The lowest BCUT2D eigenvalue weighted by Gasteiger charge is -2.45. The molecule has 0 aromatic carbocycles. The zero-order valence-electron chi connectivity index (χ0n) is 8.16. The van der Waals surface area contributed by atoms with Gasteiger partial charge in [0.15, 0.2) is 0 Å². The lowest BCUT2D eigenvalue weighted by Crippen LogP contribution is -2.43. The molecule has 1 aliphatic rings. The van der Waals surface area contributed by atoms with Gasteiger partial charge in [-0.3, -0.25) is 0 Å². The number of hydrogen-bond donors (Lipinski definition) is 0. The Kier molecular flexibility index (Phi) is 2.46. The predicted octanol–water partition coefficient (Wildman–Crippen LogP) is 3.86. The fourth-order valence-electron chi connectivity index (χ4n) is 2.06. The Bertz CT molecular complexity index is 153. The molecule has 2 heteroatoms. The van der Waals surface area contributed by atoms with Crippen molar-refractivity contribution in [2.24, 2.45) is 11.3 Å². The topological polar surface area (TPSA) is 0 Å². The van der Waals surface area contributed by atoms with Gasteiger partial charge in [-0.25, -0.2) is 8.78 Å². The Hall–Kier alpha value is -0.140. The number of halogens is 2. The van der Waals surface area contributed by atoms with Crippen LogP contribution in [0.15, 0.2) is 0 Å². The van der Waals surface area contributed by atoms with Gasteiger partial charge < -0.3 is 0 Å². The van der Waals surface area contributed by atoms with Crippen LogP contribution in [0.2, 0.25) is 0 Å². The molecule has 0 unspecified atom stereocenters. The molecule has 1 aliphatic carbocycles. The highest BCUT2D eigenvalue weighted by Gasteiger charge is 2.50. The van der Waals surface area contributed by atoms with Gasteiger partial charge in [-0.05, 0) is 17.8 Å². The molecule has 72 valence electrons. The van der Waals surface area contributed by atoms with E-state index in [1.54, 1.807) is 0 Å². The van der Waals surface area contributed by atoms with Crippen LogP contribution in [0.25, 0.3) is 0 Å². The molecular weight excluding hydrogens is 158 g/mol. The summed E-state index contributed by atoms with van der Waals surface area (Å²) in [6.07, 6.45) is 2.38. The van der Waals surface area contributed by atoms with Crippen molar-refractivity contribution in [1.82, 2.24) is 0 Å². The molecule has 0 bridgehead atoms. The third kappa shape index (κ3) is 1.96. The molecule has 0 saturated heterocycles. The summed E-state index contributed by atoms with van der Waals surface area (Å²) < 4.78 is 25.1. The Morgan fingerprint density at radius 3 is 2.17 bits per heavy atom. The first kappa shape index (κ1) is 9.94. The number of hydrogen-bond acceptors (Lipinski definition) is 0. The molecule has 0 N–H and O–H groups in total. The van der Waals surface area contributed by atoms with E-state index in [2.05, 4.69) is 20.8 Å². The van der Waals surface area contributed by atoms with Crippen molar-refractivity contribution in [3.05, 3.63) is 0 Å². The van der Waals surface area contributed by atoms with Gasteiger partial charge in [0.05, 0.1) is 0 Å². The molecule has 0 heterocycles. The van der Waals surface area contributed by atoms with Gasteiger partial charge in [-0.2, -0.15) is 0 Å². The lowest BCUT2D eigenvalue weighted by atomic mass is 9.64. The van der Waals surface area contributed by atoms with Crippen molar-refractivity contribution < 1.29 is 8.78 Å². The first-order valence-electron chi connectivity index (χ1n) is 4.75. The van der Waals surface area contributed by atoms with E-state index < -0.39 is 5.92 Å². The third-order valence-corrected chi connectivity index (χ3v) is 3.09. The molecule has 1 saturated carbocycles. The average molecular weight is 176 g/mol. The SMILES string of the molecule is CCCC(C)(C)C1CC(F)(F)C1. The average Bonchev–Trinajstić information content (AvgIpc) is 1.82. The van der Waals surface area contributed by atoms with Crippen LogP contribution in [-0.2, 0) is 0 Å². The van der Waals surface area contributed by atoms with Gasteiger partial charge in [0, 0.05) is 12.8 Å². The molecule has 0 atom stereocenters. The summed E-state index contributed by atoms with van der Waals surface area (Å²) in [6.45, 7) is 6.32. The Morgan fingerprint density at radius 2 is 1.83 bits per heavy atom. The number of alkyl halides is 2. The second-order valence-electron chi connectivity index (χ2n) is 4.70. The van der Waals surface area contributed by atoms with Crippen LogP contribution in [0.1, 0.15) is 46.5 Å². The monoisotopic (exact) mass is 176 g/mol. The maximum Gasteiger partial charge on any atom is 0.248 e. The molecule has 12 heavy (non-hydrogen) atoms. The fourth-order valence-corrected chi connectivity index (χ4v) is 2.06. The summed E-state index contributed by atoms with van der Waals surface area (Å²) in [5.74, 6) is -2.11. The van der Waals surface area contributed by atoms with Crippen molar-refractivity contribution in [3.8, 4) is 0 Å². The molecule has 1 fully saturated rings. The van der Waals surface area contributed by atoms with Crippen LogP contribution in [0.3, 0.4) is 0 Å². The maximum absolute atomic E-state index is 12.6. The quantitative estimate of drug-likeness (QED) is 0.612. The minimum atomic E-state index is -2.35. The highest BCUT2D eigenvalue weighted by molar-refractivity contribution is 4.93. The van der Waals surface area contributed by atoms with Crippen molar-refractivity contribution in [1.29, 1.82) is 0 Å². The first-order chi connectivity index (χ1) is 5.37. The summed E-state index contributed by atoms with van der Waals surface area (Å²) >= 11 is 0. The van der Waals surface area contributed by atoms with Gasteiger partial charge in [0.25, 0.3) is 0 Å². The Morgan fingerprint density at radius 1 is 1.33 bits per heavy atom. The Balaban J connectivity index is 2.40. The highest BCUT2D eigenvalue weighted by atomic mass is 19.3.